The minimum absolute atomic E-state index is 0. The maximum atomic E-state index is 4.56. The van der Waals surface area contributed by atoms with E-state index in [1.807, 2.05) is 84.9 Å². The van der Waals surface area contributed by atoms with E-state index in [0.717, 1.165) is 28.2 Å². The summed E-state index contributed by atoms with van der Waals surface area (Å²) in [5, 5.41) is 0. The normalized spacial score (nSPS) is 9.68. The van der Waals surface area contributed by atoms with Crippen LogP contribution in [0.3, 0.4) is 0 Å². The van der Waals surface area contributed by atoms with Gasteiger partial charge in [0.05, 0.1) is 5.69 Å². The summed E-state index contributed by atoms with van der Waals surface area (Å²) in [6, 6.07) is 35.4. The van der Waals surface area contributed by atoms with E-state index in [1.165, 1.54) is 0 Å². The van der Waals surface area contributed by atoms with Crippen molar-refractivity contribution in [2.24, 2.45) is 0 Å². The van der Waals surface area contributed by atoms with Crippen molar-refractivity contribution in [1.82, 2.24) is 19.9 Å². The van der Waals surface area contributed by atoms with Crippen LogP contribution in [0, 0.1) is 12.1 Å². The van der Waals surface area contributed by atoms with Gasteiger partial charge in [-0.1, -0.05) is 24.3 Å². The van der Waals surface area contributed by atoms with Crippen LogP contribution in [0.15, 0.2) is 110 Å². The van der Waals surface area contributed by atoms with Gasteiger partial charge in [0, 0.05) is 38.7 Å². The molecule has 3 heterocycles. The standard InChI is InChI=1S/C15H10N3.C11H8N.Ir/c1-2-6-12(7-3-1)13-8-4-9-14(18-13)15-16-10-5-11-17-15;1-2-6-10(7-3-1)11-8-4-5-9-12-11;/h1-6,8-11H;1-6,8-9H;/q2*-1;. The molecule has 0 N–H and O–H groups in total. The molecule has 0 unspecified atom stereocenters. The summed E-state index contributed by atoms with van der Waals surface area (Å²) < 4.78 is 0. The van der Waals surface area contributed by atoms with Crippen LogP contribution in [-0.2, 0) is 20.1 Å². The molecule has 5 heteroatoms. The molecule has 153 valence electrons. The second-order valence-corrected chi connectivity index (χ2v) is 6.25. The zero-order chi connectivity index (χ0) is 20.4. The number of benzene rings is 2. The molecule has 0 saturated heterocycles. The Morgan fingerprint density at radius 2 is 1.06 bits per heavy atom. The molecule has 0 atom stereocenters. The Hall–Kier alpha value is -3.53. The van der Waals surface area contributed by atoms with E-state index in [1.54, 1.807) is 24.7 Å². The fourth-order valence-corrected chi connectivity index (χ4v) is 2.77. The average Bonchev–Trinajstić information content (AvgIpc) is 2.87. The fraction of sp³-hybridized carbons (Fsp3) is 0. The minimum Gasteiger partial charge on any atom is -0.305 e. The summed E-state index contributed by atoms with van der Waals surface area (Å²) in [6.07, 6.45) is 5.22. The van der Waals surface area contributed by atoms with Crippen molar-refractivity contribution in [1.29, 1.82) is 0 Å². The third-order valence-electron chi connectivity index (χ3n) is 4.18. The predicted molar refractivity (Wildman–Crippen MR) is 118 cm³/mol. The number of rotatable bonds is 3. The first-order valence-electron chi connectivity index (χ1n) is 9.50. The topological polar surface area (TPSA) is 51.6 Å². The van der Waals surface area contributed by atoms with Gasteiger partial charge in [-0.25, -0.2) is 9.97 Å². The molecule has 5 aromatic rings. The number of pyridine rings is 2. The zero-order valence-corrected chi connectivity index (χ0v) is 18.9. The second-order valence-electron chi connectivity index (χ2n) is 6.25. The van der Waals surface area contributed by atoms with E-state index < -0.39 is 0 Å². The minimum atomic E-state index is 0. The molecule has 0 aliphatic carbocycles. The number of aromatic nitrogens is 4. The van der Waals surface area contributed by atoms with Crippen LogP contribution in [0.25, 0.3) is 34.0 Å². The van der Waals surface area contributed by atoms with Crippen molar-refractivity contribution in [3.05, 3.63) is 122 Å². The Bertz CT molecular complexity index is 1080. The molecule has 2 aromatic carbocycles. The maximum Gasteiger partial charge on any atom is 0.177 e. The molecular weight excluding hydrogens is 561 g/mol. The molecule has 1 radical (unpaired) electrons. The fourth-order valence-electron chi connectivity index (χ4n) is 2.77. The second kappa shape index (κ2) is 11.6. The van der Waals surface area contributed by atoms with E-state index in [4.69, 9.17) is 0 Å². The monoisotopic (exact) mass is 579 g/mol. The van der Waals surface area contributed by atoms with Gasteiger partial charge in [-0.2, -0.15) is 0 Å². The van der Waals surface area contributed by atoms with E-state index >= 15 is 0 Å². The zero-order valence-electron chi connectivity index (χ0n) is 16.5. The Balaban J connectivity index is 0.000000183. The first-order valence-corrected chi connectivity index (χ1v) is 9.50. The third kappa shape index (κ3) is 6.22. The van der Waals surface area contributed by atoms with Crippen molar-refractivity contribution < 1.29 is 20.1 Å². The van der Waals surface area contributed by atoms with Gasteiger partial charge in [-0.3, -0.25) is 4.98 Å². The van der Waals surface area contributed by atoms with Gasteiger partial charge in [-0.15, -0.1) is 71.8 Å². The van der Waals surface area contributed by atoms with Crippen LogP contribution < -0.4 is 0 Å². The molecular formula is C26H18IrN4-2. The molecule has 0 aliphatic heterocycles. The van der Waals surface area contributed by atoms with Crippen molar-refractivity contribution in [2.75, 3.05) is 0 Å². The molecule has 0 fully saturated rings. The molecule has 0 aliphatic rings. The average molecular weight is 579 g/mol. The molecule has 31 heavy (non-hydrogen) atoms. The molecule has 0 saturated carbocycles. The first kappa shape index (κ1) is 22.2. The van der Waals surface area contributed by atoms with E-state index in [9.17, 15) is 0 Å². The van der Waals surface area contributed by atoms with Gasteiger partial charge in [0.15, 0.2) is 5.82 Å². The largest absolute Gasteiger partial charge is 0.305 e. The van der Waals surface area contributed by atoms with Gasteiger partial charge in [0.2, 0.25) is 0 Å². The van der Waals surface area contributed by atoms with Crippen LogP contribution in [-0.4, -0.2) is 19.9 Å². The van der Waals surface area contributed by atoms with Crippen LogP contribution >= 0.6 is 0 Å². The first-order chi connectivity index (χ1) is 14.9. The maximum absolute atomic E-state index is 4.56. The van der Waals surface area contributed by atoms with Gasteiger partial charge in [0.25, 0.3) is 0 Å². The Kier molecular flexibility index (Phi) is 8.29. The Morgan fingerprint density at radius 3 is 1.68 bits per heavy atom. The summed E-state index contributed by atoms with van der Waals surface area (Å²) in [5.74, 6) is 0.635. The summed E-state index contributed by atoms with van der Waals surface area (Å²) in [4.78, 5) is 17.2. The van der Waals surface area contributed by atoms with E-state index in [2.05, 4.69) is 32.1 Å². The number of hydrogen-bond acceptors (Lipinski definition) is 4. The Labute approximate surface area is 195 Å². The SMILES string of the molecule is [Ir].[c-]1ccccc1-c1cccc(-c2ncccn2)n1.[c-]1ccccc1-c1ccccn1. The van der Waals surface area contributed by atoms with Crippen molar-refractivity contribution in [3.8, 4) is 34.0 Å². The van der Waals surface area contributed by atoms with E-state index in [0.29, 0.717) is 5.82 Å². The van der Waals surface area contributed by atoms with Crippen LogP contribution in [0.2, 0.25) is 0 Å². The van der Waals surface area contributed by atoms with Crippen molar-refractivity contribution in [3.63, 3.8) is 0 Å². The summed E-state index contributed by atoms with van der Waals surface area (Å²) in [7, 11) is 0. The molecule has 4 nitrogen and oxygen atoms in total. The molecule has 0 spiro atoms. The molecule has 0 amide bonds. The van der Waals surface area contributed by atoms with Crippen LogP contribution in [0.5, 0.6) is 0 Å². The third-order valence-corrected chi connectivity index (χ3v) is 4.18. The van der Waals surface area contributed by atoms with Gasteiger partial charge in [0.1, 0.15) is 0 Å². The van der Waals surface area contributed by atoms with Crippen molar-refractivity contribution in [2.45, 2.75) is 0 Å². The molecule has 0 bridgehead atoms. The quantitative estimate of drug-likeness (QED) is 0.264. The van der Waals surface area contributed by atoms with Gasteiger partial charge < -0.3 is 4.98 Å². The molecule has 3 aromatic heterocycles. The van der Waals surface area contributed by atoms with Crippen LogP contribution in [0.1, 0.15) is 0 Å². The van der Waals surface area contributed by atoms with Gasteiger partial charge >= 0.3 is 0 Å². The predicted octanol–water partition coefficient (Wildman–Crippen LogP) is 5.55. The number of nitrogens with zero attached hydrogens (tertiary/aromatic N) is 4. The molecule has 5 rings (SSSR count). The van der Waals surface area contributed by atoms with E-state index in [-0.39, 0.29) is 20.1 Å². The number of hydrogen-bond donors (Lipinski definition) is 0. The Morgan fingerprint density at radius 1 is 0.484 bits per heavy atom. The van der Waals surface area contributed by atoms with Gasteiger partial charge in [-0.05, 0) is 29.6 Å². The summed E-state index contributed by atoms with van der Waals surface area (Å²) in [6.45, 7) is 0. The van der Waals surface area contributed by atoms with Crippen LogP contribution in [0.4, 0.5) is 0 Å². The van der Waals surface area contributed by atoms with Crippen molar-refractivity contribution >= 4 is 0 Å². The smallest absolute Gasteiger partial charge is 0.177 e. The summed E-state index contributed by atoms with van der Waals surface area (Å²) >= 11 is 0. The summed E-state index contributed by atoms with van der Waals surface area (Å²) in [5.41, 5.74) is 4.62.